The van der Waals surface area contributed by atoms with Gasteiger partial charge in [0.2, 0.25) is 11.8 Å². The molecule has 3 amide bonds. The van der Waals surface area contributed by atoms with Gasteiger partial charge >= 0.3 is 5.97 Å². The van der Waals surface area contributed by atoms with Gasteiger partial charge in [-0.2, -0.15) is 0 Å². The fourth-order valence-electron chi connectivity index (χ4n) is 9.07. The number of phenols is 1. The third-order valence-electron chi connectivity index (χ3n) is 12.4. The Bertz CT molecular complexity index is 2330. The molecule has 13 nitrogen and oxygen atoms in total. The number of ether oxygens (including phenoxy) is 2. The number of rotatable bonds is 9. The first-order valence-electron chi connectivity index (χ1n) is 21.4. The number of carbonyl (C=O) groups is 4. The number of nitrogens with one attached hydrogen (secondary N) is 2. The maximum atomic E-state index is 14.6. The Hall–Kier alpha value is -4.98. The summed E-state index contributed by atoms with van der Waals surface area (Å²) in [5, 5.41) is 16.4. The normalized spacial score (nSPS) is 22.6. The molecule has 0 radical (unpaired) electrons. The van der Waals surface area contributed by atoms with Gasteiger partial charge in [-0.3, -0.25) is 29.2 Å². The van der Waals surface area contributed by atoms with Crippen molar-refractivity contribution in [2.75, 3.05) is 27.3 Å². The number of aryl methyl sites for hydroxylation is 1. The van der Waals surface area contributed by atoms with E-state index in [2.05, 4.69) is 54.3 Å². The van der Waals surface area contributed by atoms with Crippen LogP contribution in [-0.2, 0) is 48.0 Å². The fraction of sp³-hybridized carbons (Fsp3) is 0.511. The number of benzene rings is 2. The second-order valence-corrected chi connectivity index (χ2v) is 18.6. The van der Waals surface area contributed by atoms with Crippen LogP contribution in [0, 0.1) is 17.3 Å². The molecule has 0 spiro atoms. The van der Waals surface area contributed by atoms with E-state index < -0.39 is 41.3 Å². The van der Waals surface area contributed by atoms with Gasteiger partial charge in [0, 0.05) is 67.1 Å². The first-order valence-corrected chi connectivity index (χ1v) is 21.9. The number of aromatic nitrogens is 2. The Morgan fingerprint density at radius 2 is 1.89 bits per heavy atom. The van der Waals surface area contributed by atoms with E-state index in [-0.39, 0.29) is 48.0 Å². The van der Waals surface area contributed by atoms with Crippen molar-refractivity contribution in [3.05, 3.63) is 71.5 Å². The zero-order valence-corrected chi connectivity index (χ0v) is 37.2. The first-order chi connectivity index (χ1) is 29.0. The van der Waals surface area contributed by atoms with Crippen molar-refractivity contribution in [2.24, 2.45) is 17.3 Å². The summed E-state index contributed by atoms with van der Waals surface area (Å²) in [6, 6.07) is 12.7. The number of amides is 3. The van der Waals surface area contributed by atoms with Crippen LogP contribution in [-0.4, -0.2) is 99.1 Å². The molecule has 1 unspecified atom stereocenters. The van der Waals surface area contributed by atoms with Crippen LogP contribution in [0.3, 0.4) is 0 Å². The lowest BCUT2D eigenvalue weighted by Gasteiger charge is -2.36. The Morgan fingerprint density at radius 1 is 1.13 bits per heavy atom. The number of pyridine rings is 1. The van der Waals surface area contributed by atoms with Crippen molar-refractivity contribution in [3.63, 3.8) is 0 Å². The molecule has 1 aliphatic carbocycles. The average Bonchev–Trinajstić information content (AvgIpc) is 3.90. The summed E-state index contributed by atoms with van der Waals surface area (Å²) in [6.45, 7) is 13.1. The highest BCUT2D eigenvalue weighted by molar-refractivity contribution is 6.24. The zero-order chi connectivity index (χ0) is 43.9. The van der Waals surface area contributed by atoms with E-state index in [0.717, 1.165) is 44.5 Å². The predicted octanol–water partition coefficient (Wildman–Crippen LogP) is 6.56. The second kappa shape index (κ2) is 17.8. The number of hydrazine groups is 1. The van der Waals surface area contributed by atoms with E-state index in [1.165, 1.54) is 9.91 Å². The number of carbonyl (C=O) groups excluding carboxylic acids is 4. The third-order valence-corrected chi connectivity index (χ3v) is 12.9. The smallest absolute Gasteiger partial charge is 0.324 e. The second-order valence-electron chi connectivity index (χ2n) is 18.0. The van der Waals surface area contributed by atoms with Gasteiger partial charge in [-0.15, -0.1) is 11.6 Å². The number of fused-ring (bicyclic) bond motifs is 6. The summed E-state index contributed by atoms with van der Waals surface area (Å²) in [5.41, 5.74) is 9.65. The van der Waals surface area contributed by atoms with Crippen LogP contribution < -0.4 is 10.7 Å². The molecule has 2 aromatic heterocycles. The molecule has 14 heteroatoms. The summed E-state index contributed by atoms with van der Waals surface area (Å²) in [4.78, 5) is 62.2. The predicted molar refractivity (Wildman–Crippen MR) is 234 cm³/mol. The van der Waals surface area contributed by atoms with Crippen LogP contribution in [0.25, 0.3) is 33.3 Å². The highest BCUT2D eigenvalue weighted by Gasteiger charge is 2.46. The number of likely N-dealkylation sites (N-methyl/N-ethyl adjacent to an activating group) is 1. The van der Waals surface area contributed by atoms with Gasteiger partial charge in [0.15, 0.2) is 0 Å². The first kappa shape index (κ1) is 44.1. The Balaban J connectivity index is 1.35. The Morgan fingerprint density at radius 3 is 2.57 bits per heavy atom. The largest absolute Gasteiger partial charge is 0.508 e. The van der Waals surface area contributed by atoms with E-state index in [0.29, 0.717) is 44.3 Å². The molecule has 4 aromatic rings. The molecule has 4 heterocycles. The molecule has 1 saturated carbocycles. The lowest BCUT2D eigenvalue weighted by Crippen LogP contribution is -2.62. The summed E-state index contributed by atoms with van der Waals surface area (Å²) < 4.78 is 14.2. The van der Waals surface area contributed by atoms with E-state index >= 15 is 0 Å². The molecule has 1 saturated heterocycles. The highest BCUT2D eigenvalue weighted by Crippen LogP contribution is 2.42. The number of esters is 1. The number of phenolic OH excluding ortho intramolecular Hbond substituents is 1. The summed E-state index contributed by atoms with van der Waals surface area (Å²) in [5.74, 6) is -2.24. The van der Waals surface area contributed by atoms with Crippen molar-refractivity contribution in [1.29, 1.82) is 0 Å². The van der Waals surface area contributed by atoms with Gasteiger partial charge in [0.05, 0.1) is 30.0 Å². The Kier molecular flexibility index (Phi) is 12.9. The molecule has 326 valence electrons. The number of nitrogens with zero attached hydrogens (tertiary/aromatic N) is 4. The maximum absolute atomic E-state index is 14.6. The third kappa shape index (κ3) is 9.15. The van der Waals surface area contributed by atoms with Crippen molar-refractivity contribution >= 4 is 46.2 Å². The summed E-state index contributed by atoms with van der Waals surface area (Å²) in [7, 11) is 3.27. The van der Waals surface area contributed by atoms with Crippen LogP contribution in [0.4, 0.5) is 0 Å². The van der Waals surface area contributed by atoms with E-state index in [1.807, 2.05) is 39.0 Å². The van der Waals surface area contributed by atoms with Crippen molar-refractivity contribution < 1.29 is 33.8 Å². The van der Waals surface area contributed by atoms with Gasteiger partial charge < -0.3 is 29.4 Å². The molecule has 6 bridgehead atoms. The highest BCUT2D eigenvalue weighted by atomic mass is 35.5. The molecule has 3 N–H and O–H groups in total. The van der Waals surface area contributed by atoms with Crippen LogP contribution in [0.2, 0.25) is 0 Å². The SMILES string of the molecule is CCn1c(-c2cccnc2[C@H](C)OC)c2c3cc(ccc31)-c1cc(O)cc(c1)C[C@H](NC(=O)C(C(C)C)N(C)C(=O)[C@H]1C[C@H]1Cl)C(=O)N1CCC[C@H](N1)C(=O)OCC(C)(C)C2. The quantitative estimate of drug-likeness (QED) is 0.125. The Labute approximate surface area is 363 Å². The number of halogens is 1. The number of hydrogen-bond donors (Lipinski definition) is 3. The number of alkyl halides is 1. The standard InChI is InChI=1S/C47H59ClN6O7/c1-9-53-39-15-14-29-22-33(39)35(42(53)32-12-10-16-49-40(32)27(4)60-8)24-47(5,6)25-61-46(59)37-13-11-17-54(51-37)45(58)38(20-28-18-30(29)21-31(55)19-28)50-43(56)41(26(2)3)52(7)44(57)34-23-36(34)48/h10,12,14-16,18-19,21-22,26-27,34,36-38,41,51,55H,9,11,13,17,20,23-25H2,1-8H3,(H,50,56)/t27-,34-,36+,37-,38-,41?/m0/s1. The molecule has 61 heavy (non-hydrogen) atoms. The van der Waals surface area contributed by atoms with E-state index in [1.54, 1.807) is 32.5 Å². The van der Waals surface area contributed by atoms with Gasteiger partial charge in [-0.1, -0.05) is 39.8 Å². The molecule has 3 aliphatic rings. The van der Waals surface area contributed by atoms with Crippen molar-refractivity contribution in [1.82, 2.24) is 30.2 Å². The lowest BCUT2D eigenvalue weighted by atomic mass is 9.84. The van der Waals surface area contributed by atoms with Crippen molar-refractivity contribution in [2.45, 2.75) is 110 Å². The van der Waals surface area contributed by atoms with Gasteiger partial charge in [-0.05, 0) is 104 Å². The van der Waals surface area contributed by atoms with E-state index in [4.69, 9.17) is 26.1 Å². The van der Waals surface area contributed by atoms with E-state index in [9.17, 15) is 24.3 Å². The van der Waals surface area contributed by atoms with Gasteiger partial charge in [0.25, 0.3) is 5.91 Å². The minimum atomic E-state index is -1.12. The zero-order valence-electron chi connectivity index (χ0n) is 36.5. The van der Waals surface area contributed by atoms with Crippen LogP contribution >= 0.6 is 11.6 Å². The van der Waals surface area contributed by atoms with Crippen LogP contribution in [0.15, 0.2) is 54.7 Å². The number of methoxy groups -OCH3 is 1. The summed E-state index contributed by atoms with van der Waals surface area (Å²) >= 11 is 6.23. The molecule has 6 atom stereocenters. The molecule has 2 aliphatic heterocycles. The minimum absolute atomic E-state index is 0.00520. The van der Waals surface area contributed by atoms with Gasteiger partial charge in [-0.25, -0.2) is 5.43 Å². The number of hydrogen-bond acceptors (Lipinski definition) is 9. The van der Waals surface area contributed by atoms with Gasteiger partial charge in [0.1, 0.15) is 23.9 Å². The number of cyclic esters (lactones) is 1. The van der Waals surface area contributed by atoms with Crippen LogP contribution in [0.1, 0.15) is 83.7 Å². The molecular weight excluding hydrogens is 796 g/mol. The lowest BCUT2D eigenvalue weighted by molar-refractivity contribution is -0.155. The van der Waals surface area contributed by atoms with Crippen molar-refractivity contribution in [3.8, 4) is 28.1 Å². The molecule has 2 fully saturated rings. The average molecular weight is 855 g/mol. The minimum Gasteiger partial charge on any atom is -0.508 e. The maximum Gasteiger partial charge on any atom is 0.324 e. The monoisotopic (exact) mass is 854 g/mol. The number of aromatic hydroxyl groups is 1. The molecule has 7 rings (SSSR count). The molecular formula is C47H59ClN6O7. The molecule has 2 aromatic carbocycles. The van der Waals surface area contributed by atoms with Crippen LogP contribution in [0.5, 0.6) is 5.75 Å². The topological polar surface area (TPSA) is 155 Å². The summed E-state index contributed by atoms with van der Waals surface area (Å²) in [6.07, 6.45) is 3.62. The fourth-order valence-corrected chi connectivity index (χ4v) is 9.37.